The van der Waals surface area contributed by atoms with Crippen molar-refractivity contribution in [3.05, 3.63) is 0 Å². The Bertz CT molecular complexity index is 473. The van der Waals surface area contributed by atoms with E-state index >= 15 is 0 Å². The lowest BCUT2D eigenvalue weighted by atomic mass is 9.80. The summed E-state index contributed by atoms with van der Waals surface area (Å²) in [6.45, 7) is 1.56. The number of carboxylic acids is 1. The van der Waals surface area contributed by atoms with Crippen molar-refractivity contribution >= 4 is 29.5 Å². The zero-order valence-corrected chi connectivity index (χ0v) is 13.7. The van der Waals surface area contributed by atoms with E-state index in [0.717, 1.165) is 12.2 Å². The van der Waals surface area contributed by atoms with Gasteiger partial charge in [-0.3, -0.25) is 9.59 Å². The summed E-state index contributed by atoms with van der Waals surface area (Å²) in [5.74, 6) is -0.487. The second-order valence-corrected chi connectivity index (χ2v) is 7.38. The highest BCUT2D eigenvalue weighted by Gasteiger charge is 2.44. The normalized spacial score (nSPS) is 29.4. The third-order valence-corrected chi connectivity index (χ3v) is 6.04. The third-order valence-electron chi connectivity index (χ3n) is 4.53. The maximum atomic E-state index is 12.0. The van der Waals surface area contributed by atoms with Gasteiger partial charge >= 0.3 is 12.0 Å². The molecule has 2 heterocycles. The van der Waals surface area contributed by atoms with Crippen molar-refractivity contribution in [2.45, 2.75) is 43.5 Å². The van der Waals surface area contributed by atoms with E-state index in [0.29, 0.717) is 12.8 Å². The van der Waals surface area contributed by atoms with E-state index in [1.807, 2.05) is 0 Å². The fraction of sp³-hybridized carbons (Fsp3) is 0.786. The molecule has 0 saturated carbocycles. The summed E-state index contributed by atoms with van der Waals surface area (Å²) in [6, 6.07) is 0.153. The van der Waals surface area contributed by atoms with Crippen molar-refractivity contribution < 1.29 is 19.5 Å². The Labute approximate surface area is 134 Å². The Morgan fingerprint density at radius 1 is 1.45 bits per heavy atom. The molecule has 0 radical (unpaired) electrons. The number of thioether (sulfide) groups is 1. The SMILES string of the molecule is CNCC(=O)C(C)(CCC[C@@H]1SC[C@@H]2NC(=O)N[C@@H]21)C(=O)O. The number of rotatable bonds is 8. The largest absolute Gasteiger partial charge is 0.481 e. The summed E-state index contributed by atoms with van der Waals surface area (Å²) in [5, 5.41) is 18.2. The van der Waals surface area contributed by atoms with Gasteiger partial charge in [0.05, 0.1) is 18.6 Å². The Morgan fingerprint density at radius 3 is 2.82 bits per heavy atom. The minimum absolute atomic E-state index is 0.0612. The average Bonchev–Trinajstić information content (AvgIpc) is 2.98. The second-order valence-electron chi connectivity index (χ2n) is 6.10. The molecule has 4 N–H and O–H groups in total. The van der Waals surface area contributed by atoms with Crippen LogP contribution in [0.1, 0.15) is 26.2 Å². The van der Waals surface area contributed by atoms with Crippen LogP contribution in [-0.4, -0.2) is 59.6 Å². The Balaban J connectivity index is 1.87. The van der Waals surface area contributed by atoms with E-state index in [4.69, 9.17) is 0 Å². The minimum Gasteiger partial charge on any atom is -0.481 e. The van der Waals surface area contributed by atoms with Crippen molar-refractivity contribution in [1.29, 1.82) is 0 Å². The maximum Gasteiger partial charge on any atom is 0.316 e. The Kier molecular flexibility index (Phi) is 5.33. The molecule has 1 unspecified atom stereocenters. The van der Waals surface area contributed by atoms with Gasteiger partial charge in [0.2, 0.25) is 0 Å². The first-order valence-corrected chi connectivity index (χ1v) is 8.53. The zero-order chi connectivity index (χ0) is 16.3. The molecule has 0 spiro atoms. The van der Waals surface area contributed by atoms with Crippen LogP contribution in [0.4, 0.5) is 4.79 Å². The molecular formula is C14H23N3O4S. The number of ketones is 1. The summed E-state index contributed by atoms with van der Waals surface area (Å²) < 4.78 is 0. The molecule has 0 aromatic heterocycles. The van der Waals surface area contributed by atoms with Gasteiger partial charge in [-0.2, -0.15) is 11.8 Å². The number of likely N-dealkylation sites (N-methyl/N-ethyl adjacent to an activating group) is 1. The van der Waals surface area contributed by atoms with Crippen molar-refractivity contribution in [2.75, 3.05) is 19.3 Å². The smallest absolute Gasteiger partial charge is 0.316 e. The number of hydrogen-bond acceptors (Lipinski definition) is 5. The number of hydrogen-bond donors (Lipinski definition) is 4. The number of carbonyl (C=O) groups is 3. The van der Waals surface area contributed by atoms with Crippen LogP contribution in [0.25, 0.3) is 0 Å². The molecule has 2 aliphatic heterocycles. The molecule has 0 bridgehead atoms. The maximum absolute atomic E-state index is 12.0. The molecule has 2 saturated heterocycles. The molecule has 124 valence electrons. The van der Waals surface area contributed by atoms with Gasteiger partial charge in [-0.15, -0.1) is 0 Å². The Morgan fingerprint density at radius 2 is 2.18 bits per heavy atom. The summed E-state index contributed by atoms with van der Waals surface area (Å²) in [7, 11) is 1.63. The fourth-order valence-corrected chi connectivity index (χ4v) is 4.56. The number of carbonyl (C=O) groups excluding carboxylic acids is 2. The van der Waals surface area contributed by atoms with Crippen LogP contribution in [0.3, 0.4) is 0 Å². The first-order chi connectivity index (χ1) is 10.4. The highest BCUT2D eigenvalue weighted by Crippen LogP contribution is 2.35. The highest BCUT2D eigenvalue weighted by atomic mass is 32.2. The van der Waals surface area contributed by atoms with Gasteiger partial charge in [-0.05, 0) is 26.8 Å². The molecule has 2 rings (SSSR count). The first kappa shape index (κ1) is 17.1. The predicted molar refractivity (Wildman–Crippen MR) is 84.0 cm³/mol. The van der Waals surface area contributed by atoms with Crippen LogP contribution in [0, 0.1) is 5.41 Å². The van der Waals surface area contributed by atoms with Gasteiger partial charge in [0, 0.05) is 11.0 Å². The van der Waals surface area contributed by atoms with Crippen LogP contribution < -0.4 is 16.0 Å². The standard InChI is InChI=1S/C14H23N3O4S/c1-14(12(19)20,10(18)6-15-2)5-3-4-9-11-8(7-22-9)16-13(21)17-11/h8-9,11,15H,3-7H2,1-2H3,(H,19,20)(H2,16,17,21)/t8-,9-,11-,14?/m0/s1. The van der Waals surface area contributed by atoms with E-state index in [1.165, 1.54) is 6.92 Å². The van der Waals surface area contributed by atoms with Gasteiger partial charge in [0.25, 0.3) is 0 Å². The monoisotopic (exact) mass is 329 g/mol. The van der Waals surface area contributed by atoms with Crippen molar-refractivity contribution in [1.82, 2.24) is 16.0 Å². The van der Waals surface area contributed by atoms with Gasteiger partial charge in [0.1, 0.15) is 5.41 Å². The molecule has 7 nitrogen and oxygen atoms in total. The van der Waals surface area contributed by atoms with Crippen LogP contribution in [-0.2, 0) is 9.59 Å². The number of amides is 2. The van der Waals surface area contributed by atoms with Crippen molar-refractivity contribution in [3.63, 3.8) is 0 Å². The highest BCUT2D eigenvalue weighted by molar-refractivity contribution is 8.00. The number of Topliss-reactive ketones (excluding diaryl/α,β-unsaturated/α-hetero) is 1. The zero-order valence-electron chi connectivity index (χ0n) is 12.8. The summed E-state index contributed by atoms with van der Waals surface area (Å²) in [5.41, 5.74) is -1.34. The number of carboxylic acid groups (broad SMARTS) is 1. The number of fused-ring (bicyclic) bond motifs is 1. The lowest BCUT2D eigenvalue weighted by molar-refractivity contribution is -0.154. The van der Waals surface area contributed by atoms with E-state index < -0.39 is 11.4 Å². The van der Waals surface area contributed by atoms with Crippen LogP contribution in [0.5, 0.6) is 0 Å². The number of urea groups is 1. The average molecular weight is 329 g/mol. The fourth-order valence-electron chi connectivity index (χ4n) is 3.02. The van der Waals surface area contributed by atoms with E-state index in [2.05, 4.69) is 16.0 Å². The van der Waals surface area contributed by atoms with E-state index in [-0.39, 0.29) is 35.7 Å². The minimum atomic E-state index is -1.34. The molecule has 0 aromatic carbocycles. The van der Waals surface area contributed by atoms with Crippen LogP contribution in [0.15, 0.2) is 0 Å². The van der Waals surface area contributed by atoms with Crippen molar-refractivity contribution in [2.24, 2.45) is 5.41 Å². The second kappa shape index (κ2) is 6.87. The molecule has 0 aliphatic carbocycles. The topological polar surface area (TPSA) is 108 Å². The van der Waals surface area contributed by atoms with Crippen LogP contribution >= 0.6 is 11.8 Å². The molecule has 2 fully saturated rings. The van der Waals surface area contributed by atoms with Gasteiger partial charge in [-0.25, -0.2) is 4.79 Å². The summed E-state index contributed by atoms with van der Waals surface area (Å²) in [4.78, 5) is 34.8. The molecule has 0 aromatic rings. The summed E-state index contributed by atoms with van der Waals surface area (Å²) >= 11 is 1.79. The van der Waals surface area contributed by atoms with Gasteiger partial charge in [-0.1, -0.05) is 6.42 Å². The number of nitrogens with one attached hydrogen (secondary N) is 3. The van der Waals surface area contributed by atoms with Gasteiger partial charge in [0.15, 0.2) is 5.78 Å². The molecule has 2 amide bonds. The molecule has 22 heavy (non-hydrogen) atoms. The first-order valence-electron chi connectivity index (χ1n) is 7.48. The van der Waals surface area contributed by atoms with E-state index in [1.54, 1.807) is 18.8 Å². The molecule has 2 aliphatic rings. The van der Waals surface area contributed by atoms with Gasteiger partial charge < -0.3 is 21.1 Å². The predicted octanol–water partition coefficient (Wildman–Crippen LogP) is 0.202. The number of aliphatic carboxylic acids is 1. The third kappa shape index (κ3) is 3.38. The molecule has 8 heteroatoms. The Hall–Kier alpha value is -1.28. The lowest BCUT2D eigenvalue weighted by Crippen LogP contribution is -2.41. The summed E-state index contributed by atoms with van der Waals surface area (Å²) in [6.07, 6.45) is 1.76. The van der Waals surface area contributed by atoms with Crippen LogP contribution in [0.2, 0.25) is 0 Å². The molecule has 4 atom stereocenters. The lowest BCUT2D eigenvalue weighted by Gasteiger charge is -2.24. The quantitative estimate of drug-likeness (QED) is 0.374. The van der Waals surface area contributed by atoms with E-state index in [9.17, 15) is 19.5 Å². The molecular weight excluding hydrogens is 306 g/mol. The van der Waals surface area contributed by atoms with Crippen molar-refractivity contribution in [3.8, 4) is 0 Å².